The molecule has 1 aromatic carbocycles. The summed E-state index contributed by atoms with van der Waals surface area (Å²) < 4.78 is 15.4. The molecule has 0 aliphatic carbocycles. The molecule has 1 unspecified atom stereocenters. The summed E-state index contributed by atoms with van der Waals surface area (Å²) in [7, 11) is 2.98. The van der Waals surface area contributed by atoms with Gasteiger partial charge in [-0.3, -0.25) is 4.79 Å². The molecule has 0 saturated carbocycles. The Kier molecular flexibility index (Phi) is 6.15. The van der Waals surface area contributed by atoms with Crippen LogP contribution in [0.5, 0.6) is 11.5 Å². The van der Waals surface area contributed by atoms with E-state index in [4.69, 9.17) is 9.47 Å². The van der Waals surface area contributed by atoms with Gasteiger partial charge in [-0.25, -0.2) is 0 Å². The standard InChI is InChI=1S/C14H21NO4/c1-5-19-13-8-11(6-7-12(13)17-3)9-15-10(2)14(16)18-4/h6-8,10,15H,5,9H2,1-4H3. The third-order valence-corrected chi connectivity index (χ3v) is 2.69. The summed E-state index contributed by atoms with van der Waals surface area (Å²) >= 11 is 0. The average molecular weight is 267 g/mol. The van der Waals surface area contributed by atoms with E-state index in [2.05, 4.69) is 10.1 Å². The molecular weight excluding hydrogens is 246 g/mol. The van der Waals surface area contributed by atoms with E-state index in [-0.39, 0.29) is 12.0 Å². The first kappa shape index (κ1) is 15.3. The fourth-order valence-corrected chi connectivity index (χ4v) is 1.63. The van der Waals surface area contributed by atoms with Gasteiger partial charge in [0.15, 0.2) is 11.5 Å². The molecule has 1 rings (SSSR count). The Bertz CT molecular complexity index is 420. The molecule has 0 fully saturated rings. The van der Waals surface area contributed by atoms with Crippen LogP contribution in [0, 0.1) is 0 Å². The molecule has 0 aliphatic rings. The first-order valence-corrected chi connectivity index (χ1v) is 6.23. The molecule has 0 bridgehead atoms. The van der Waals surface area contributed by atoms with Gasteiger partial charge in [0.25, 0.3) is 0 Å². The highest BCUT2D eigenvalue weighted by Crippen LogP contribution is 2.27. The maximum absolute atomic E-state index is 11.3. The molecule has 1 atom stereocenters. The molecule has 0 heterocycles. The molecule has 5 heteroatoms. The largest absolute Gasteiger partial charge is 0.493 e. The van der Waals surface area contributed by atoms with Crippen molar-refractivity contribution in [2.75, 3.05) is 20.8 Å². The lowest BCUT2D eigenvalue weighted by atomic mass is 10.2. The number of carbonyl (C=O) groups is 1. The van der Waals surface area contributed by atoms with E-state index in [9.17, 15) is 4.79 Å². The van der Waals surface area contributed by atoms with E-state index < -0.39 is 0 Å². The molecule has 0 amide bonds. The Hall–Kier alpha value is -1.75. The number of rotatable bonds is 7. The Morgan fingerprint density at radius 3 is 2.63 bits per heavy atom. The van der Waals surface area contributed by atoms with Gasteiger partial charge in [0.1, 0.15) is 6.04 Å². The van der Waals surface area contributed by atoms with E-state index in [1.807, 2.05) is 25.1 Å². The number of esters is 1. The van der Waals surface area contributed by atoms with Crippen LogP contribution < -0.4 is 14.8 Å². The van der Waals surface area contributed by atoms with Crippen LogP contribution in [0.4, 0.5) is 0 Å². The van der Waals surface area contributed by atoms with Crippen LogP contribution in [-0.4, -0.2) is 32.8 Å². The zero-order chi connectivity index (χ0) is 14.3. The summed E-state index contributed by atoms with van der Waals surface area (Å²) in [5, 5.41) is 3.09. The molecule has 0 aliphatic heterocycles. The second kappa shape index (κ2) is 7.63. The number of hydrogen-bond donors (Lipinski definition) is 1. The van der Waals surface area contributed by atoms with Crippen LogP contribution in [0.3, 0.4) is 0 Å². The van der Waals surface area contributed by atoms with Gasteiger partial charge in [-0.15, -0.1) is 0 Å². The van der Waals surface area contributed by atoms with Crippen molar-refractivity contribution in [3.63, 3.8) is 0 Å². The predicted octanol–water partition coefficient (Wildman–Crippen LogP) is 1.74. The maximum Gasteiger partial charge on any atom is 0.322 e. The van der Waals surface area contributed by atoms with E-state index in [0.717, 1.165) is 5.56 Å². The number of nitrogens with one attached hydrogen (secondary N) is 1. The van der Waals surface area contributed by atoms with Gasteiger partial charge in [0.05, 0.1) is 20.8 Å². The number of hydrogen-bond acceptors (Lipinski definition) is 5. The van der Waals surface area contributed by atoms with Gasteiger partial charge >= 0.3 is 5.97 Å². The lowest BCUT2D eigenvalue weighted by Gasteiger charge is -2.14. The quantitative estimate of drug-likeness (QED) is 0.763. The molecule has 0 spiro atoms. The minimum absolute atomic E-state index is 0.279. The van der Waals surface area contributed by atoms with Crippen molar-refractivity contribution >= 4 is 5.97 Å². The highest BCUT2D eigenvalue weighted by Gasteiger charge is 2.12. The van der Waals surface area contributed by atoms with E-state index in [1.165, 1.54) is 7.11 Å². The van der Waals surface area contributed by atoms with Gasteiger partial charge in [0, 0.05) is 6.54 Å². The van der Waals surface area contributed by atoms with Crippen molar-refractivity contribution < 1.29 is 19.0 Å². The maximum atomic E-state index is 11.3. The van der Waals surface area contributed by atoms with Crippen molar-refractivity contribution in [3.05, 3.63) is 23.8 Å². The monoisotopic (exact) mass is 267 g/mol. The van der Waals surface area contributed by atoms with Gasteiger partial charge in [-0.1, -0.05) is 6.07 Å². The van der Waals surface area contributed by atoms with Crippen LogP contribution in [0.1, 0.15) is 19.4 Å². The van der Waals surface area contributed by atoms with Gasteiger partial charge in [-0.2, -0.15) is 0 Å². The van der Waals surface area contributed by atoms with Gasteiger partial charge in [0.2, 0.25) is 0 Å². The zero-order valence-corrected chi connectivity index (χ0v) is 11.9. The fourth-order valence-electron chi connectivity index (χ4n) is 1.63. The van der Waals surface area contributed by atoms with Crippen molar-refractivity contribution in [1.82, 2.24) is 5.32 Å². The summed E-state index contributed by atoms with van der Waals surface area (Å²) in [4.78, 5) is 11.3. The van der Waals surface area contributed by atoms with Crippen LogP contribution in [0.25, 0.3) is 0 Å². The molecule has 0 radical (unpaired) electrons. The molecule has 106 valence electrons. The van der Waals surface area contributed by atoms with Gasteiger partial charge < -0.3 is 19.5 Å². The zero-order valence-electron chi connectivity index (χ0n) is 11.9. The molecule has 1 N–H and O–H groups in total. The minimum Gasteiger partial charge on any atom is -0.493 e. The Labute approximate surface area is 113 Å². The Morgan fingerprint density at radius 1 is 1.32 bits per heavy atom. The Balaban J connectivity index is 2.68. The third kappa shape index (κ3) is 4.44. The highest BCUT2D eigenvalue weighted by atomic mass is 16.5. The fraction of sp³-hybridized carbons (Fsp3) is 0.500. The molecule has 1 aromatic rings. The Morgan fingerprint density at radius 2 is 2.05 bits per heavy atom. The summed E-state index contributed by atoms with van der Waals surface area (Å²) in [5.41, 5.74) is 1.01. The summed E-state index contributed by atoms with van der Waals surface area (Å²) in [6, 6.07) is 5.34. The number of carbonyl (C=O) groups excluding carboxylic acids is 1. The normalized spacial score (nSPS) is 11.8. The van der Waals surface area contributed by atoms with Crippen molar-refractivity contribution in [3.8, 4) is 11.5 Å². The van der Waals surface area contributed by atoms with Crippen LogP contribution >= 0.6 is 0 Å². The van der Waals surface area contributed by atoms with Crippen LogP contribution in [0.15, 0.2) is 18.2 Å². The van der Waals surface area contributed by atoms with E-state index in [0.29, 0.717) is 24.7 Å². The first-order chi connectivity index (χ1) is 9.12. The van der Waals surface area contributed by atoms with Crippen molar-refractivity contribution in [1.29, 1.82) is 0 Å². The smallest absolute Gasteiger partial charge is 0.322 e. The van der Waals surface area contributed by atoms with Crippen LogP contribution in [-0.2, 0) is 16.1 Å². The number of methoxy groups -OCH3 is 2. The SMILES string of the molecule is CCOc1cc(CNC(C)C(=O)OC)ccc1OC. The third-order valence-electron chi connectivity index (χ3n) is 2.69. The number of ether oxygens (including phenoxy) is 3. The van der Waals surface area contributed by atoms with Crippen molar-refractivity contribution in [2.45, 2.75) is 26.4 Å². The second-order valence-electron chi connectivity index (χ2n) is 4.04. The topological polar surface area (TPSA) is 56.8 Å². The van der Waals surface area contributed by atoms with Crippen molar-refractivity contribution in [2.24, 2.45) is 0 Å². The second-order valence-corrected chi connectivity index (χ2v) is 4.04. The molecule has 5 nitrogen and oxygen atoms in total. The predicted molar refractivity (Wildman–Crippen MR) is 72.5 cm³/mol. The average Bonchev–Trinajstić information content (AvgIpc) is 2.44. The van der Waals surface area contributed by atoms with Crippen LogP contribution in [0.2, 0.25) is 0 Å². The first-order valence-electron chi connectivity index (χ1n) is 6.23. The summed E-state index contributed by atoms with van der Waals surface area (Å²) in [6.45, 7) is 4.81. The lowest BCUT2D eigenvalue weighted by Crippen LogP contribution is -2.34. The summed E-state index contributed by atoms with van der Waals surface area (Å²) in [5.74, 6) is 1.13. The summed E-state index contributed by atoms with van der Waals surface area (Å²) in [6.07, 6.45) is 0. The van der Waals surface area contributed by atoms with E-state index >= 15 is 0 Å². The highest BCUT2D eigenvalue weighted by molar-refractivity contribution is 5.75. The minimum atomic E-state index is -0.345. The molecule has 0 saturated heterocycles. The van der Waals surface area contributed by atoms with Gasteiger partial charge in [-0.05, 0) is 31.5 Å². The molecular formula is C14H21NO4. The molecule has 19 heavy (non-hydrogen) atoms. The molecule has 0 aromatic heterocycles. The number of benzene rings is 1. The lowest BCUT2D eigenvalue weighted by molar-refractivity contribution is -0.142. The van der Waals surface area contributed by atoms with E-state index in [1.54, 1.807) is 14.0 Å².